The van der Waals surface area contributed by atoms with Gasteiger partial charge in [0, 0.05) is 11.8 Å². The smallest absolute Gasteiger partial charge is 0.100 e. The Morgan fingerprint density at radius 3 is 2.31 bits per heavy atom. The summed E-state index contributed by atoms with van der Waals surface area (Å²) in [7, 11) is 0. The molecule has 2 rings (SSSR count). The third-order valence-corrected chi connectivity index (χ3v) is 4.89. The van der Waals surface area contributed by atoms with Gasteiger partial charge in [0.1, 0.15) is 6.17 Å². The number of alkyl halides is 1. The van der Waals surface area contributed by atoms with Gasteiger partial charge in [-0.25, -0.2) is 4.39 Å². The molecular formula is C14H27FN+. The Bertz CT molecular complexity index is 211. The molecule has 1 aliphatic carbocycles. The molecule has 1 nitrogen and oxygen atoms in total. The van der Waals surface area contributed by atoms with Crippen LogP contribution in [0.1, 0.15) is 46.0 Å². The van der Waals surface area contributed by atoms with Gasteiger partial charge in [-0.15, -0.1) is 0 Å². The molecule has 1 heterocycles. The van der Waals surface area contributed by atoms with Crippen LogP contribution in [0, 0.1) is 17.8 Å². The lowest BCUT2D eigenvalue weighted by Gasteiger charge is -2.35. The van der Waals surface area contributed by atoms with E-state index in [0.29, 0.717) is 0 Å². The van der Waals surface area contributed by atoms with Gasteiger partial charge < -0.3 is 4.90 Å². The fourth-order valence-electron chi connectivity index (χ4n) is 3.39. The molecule has 0 radical (unpaired) electrons. The number of hydrogen-bond acceptors (Lipinski definition) is 0. The van der Waals surface area contributed by atoms with Gasteiger partial charge in [-0.05, 0) is 38.0 Å². The highest BCUT2D eigenvalue weighted by molar-refractivity contribution is 4.72. The summed E-state index contributed by atoms with van der Waals surface area (Å²) in [5.41, 5.74) is 0. The summed E-state index contributed by atoms with van der Waals surface area (Å²) in [4.78, 5) is 1.79. The molecule has 1 N–H and O–H groups in total. The number of likely N-dealkylation sites (tertiary alicyclic amines) is 1. The summed E-state index contributed by atoms with van der Waals surface area (Å²) >= 11 is 0. The molecule has 0 amide bonds. The maximum absolute atomic E-state index is 13.0. The van der Waals surface area contributed by atoms with Crippen LogP contribution in [0.2, 0.25) is 0 Å². The van der Waals surface area contributed by atoms with Crippen molar-refractivity contribution in [1.29, 1.82) is 0 Å². The van der Waals surface area contributed by atoms with E-state index in [-0.39, 0.29) is 0 Å². The van der Waals surface area contributed by atoms with E-state index in [9.17, 15) is 4.39 Å². The van der Waals surface area contributed by atoms with Crippen molar-refractivity contribution in [1.82, 2.24) is 0 Å². The lowest BCUT2D eigenvalue weighted by atomic mass is 9.85. The minimum Gasteiger partial charge on any atom is -0.334 e. The highest BCUT2D eigenvalue weighted by atomic mass is 19.1. The maximum Gasteiger partial charge on any atom is 0.100 e. The highest BCUT2D eigenvalue weighted by Gasteiger charge is 2.29. The number of piperidine rings is 1. The summed E-state index contributed by atoms with van der Waals surface area (Å²) < 4.78 is 13.0. The van der Waals surface area contributed by atoms with Gasteiger partial charge in [-0.3, -0.25) is 0 Å². The van der Waals surface area contributed by atoms with E-state index in [1.807, 2.05) is 0 Å². The highest BCUT2D eigenvalue weighted by Crippen LogP contribution is 2.25. The Hall–Kier alpha value is -0.110. The van der Waals surface area contributed by atoms with Gasteiger partial charge in [0.25, 0.3) is 0 Å². The third-order valence-electron chi connectivity index (χ3n) is 4.89. The van der Waals surface area contributed by atoms with Gasteiger partial charge in [-0.1, -0.05) is 13.8 Å². The zero-order chi connectivity index (χ0) is 11.5. The minimum atomic E-state index is -0.494. The van der Waals surface area contributed by atoms with Crippen LogP contribution in [-0.2, 0) is 0 Å². The summed E-state index contributed by atoms with van der Waals surface area (Å²) in [6.07, 6.45) is 4.80. The first-order valence-electron chi connectivity index (χ1n) is 7.12. The van der Waals surface area contributed by atoms with Crippen LogP contribution in [0.4, 0.5) is 4.39 Å². The van der Waals surface area contributed by atoms with E-state index in [1.54, 1.807) is 4.90 Å². The topological polar surface area (TPSA) is 4.44 Å². The molecule has 3 unspecified atom stereocenters. The fourth-order valence-corrected chi connectivity index (χ4v) is 3.39. The zero-order valence-electron chi connectivity index (χ0n) is 10.8. The number of rotatable bonds is 2. The molecule has 2 heteroatoms. The first kappa shape index (κ1) is 12.3. The van der Waals surface area contributed by atoms with Crippen molar-refractivity contribution in [2.45, 2.75) is 52.1 Å². The minimum absolute atomic E-state index is 0.494. The molecule has 1 saturated carbocycles. The molecule has 0 spiro atoms. The van der Waals surface area contributed by atoms with E-state index < -0.39 is 6.17 Å². The first-order chi connectivity index (χ1) is 7.65. The largest absolute Gasteiger partial charge is 0.334 e. The average molecular weight is 228 g/mol. The molecule has 0 aromatic heterocycles. The summed E-state index contributed by atoms with van der Waals surface area (Å²) in [6.45, 7) is 8.78. The molecule has 0 bridgehead atoms. The summed E-state index contributed by atoms with van der Waals surface area (Å²) in [6, 6.07) is 0. The van der Waals surface area contributed by atoms with Gasteiger partial charge >= 0.3 is 0 Å². The fraction of sp³-hybridized carbons (Fsp3) is 1.00. The van der Waals surface area contributed by atoms with Crippen molar-refractivity contribution in [3.63, 3.8) is 0 Å². The molecule has 3 atom stereocenters. The van der Waals surface area contributed by atoms with Crippen LogP contribution in [0.3, 0.4) is 0 Å². The Morgan fingerprint density at radius 2 is 1.69 bits per heavy atom. The van der Waals surface area contributed by atoms with E-state index in [2.05, 4.69) is 13.8 Å². The standard InChI is InChI=1S/C14H26FN/c1-11-7-8-16(9-12(11)2)10-13-3-5-14(15)6-4-13/h11-14H,3-10H2,1-2H3/p+1. The quantitative estimate of drug-likeness (QED) is 0.738. The Kier molecular flexibility index (Phi) is 4.23. The lowest BCUT2D eigenvalue weighted by Crippen LogP contribution is -3.14. The van der Waals surface area contributed by atoms with E-state index in [4.69, 9.17) is 0 Å². The predicted octanol–water partition coefficient (Wildman–Crippen LogP) is 2.08. The molecule has 1 saturated heterocycles. The van der Waals surface area contributed by atoms with Crippen molar-refractivity contribution in [3.05, 3.63) is 0 Å². The number of nitrogens with one attached hydrogen (secondary N) is 1. The van der Waals surface area contributed by atoms with Crippen LogP contribution in [0.5, 0.6) is 0 Å². The Labute approximate surface area is 99.4 Å². The van der Waals surface area contributed by atoms with Crippen molar-refractivity contribution in [2.75, 3.05) is 19.6 Å². The molecule has 94 valence electrons. The first-order valence-corrected chi connectivity index (χ1v) is 7.12. The summed E-state index contributed by atoms with van der Waals surface area (Å²) in [5.74, 6) is 2.59. The SMILES string of the molecule is CC1CC[NH+](CC2CCC(F)CC2)CC1C. The molecule has 0 aromatic rings. The monoisotopic (exact) mass is 228 g/mol. The molecule has 16 heavy (non-hydrogen) atoms. The van der Waals surface area contributed by atoms with Crippen molar-refractivity contribution in [3.8, 4) is 0 Å². The molecule has 2 aliphatic rings. The Morgan fingerprint density at radius 1 is 1.00 bits per heavy atom. The Balaban J connectivity index is 1.73. The molecule has 1 aliphatic heterocycles. The molecule has 2 fully saturated rings. The van der Waals surface area contributed by atoms with Crippen LogP contribution >= 0.6 is 0 Å². The van der Waals surface area contributed by atoms with Gasteiger partial charge in [0.2, 0.25) is 0 Å². The second-order valence-electron chi connectivity index (χ2n) is 6.27. The van der Waals surface area contributed by atoms with Crippen LogP contribution in [-0.4, -0.2) is 25.8 Å². The number of halogens is 1. The van der Waals surface area contributed by atoms with Crippen LogP contribution < -0.4 is 4.90 Å². The van der Waals surface area contributed by atoms with Crippen molar-refractivity contribution in [2.24, 2.45) is 17.8 Å². The average Bonchev–Trinajstić information content (AvgIpc) is 2.27. The number of hydrogen-bond donors (Lipinski definition) is 1. The van der Waals surface area contributed by atoms with Gasteiger partial charge in [0.15, 0.2) is 0 Å². The van der Waals surface area contributed by atoms with Crippen molar-refractivity contribution >= 4 is 0 Å². The van der Waals surface area contributed by atoms with Crippen molar-refractivity contribution < 1.29 is 9.29 Å². The van der Waals surface area contributed by atoms with Crippen LogP contribution in [0.15, 0.2) is 0 Å². The van der Waals surface area contributed by atoms with Gasteiger partial charge in [0.05, 0.1) is 19.6 Å². The zero-order valence-corrected chi connectivity index (χ0v) is 10.8. The van der Waals surface area contributed by atoms with Gasteiger partial charge in [-0.2, -0.15) is 0 Å². The normalized spacial score (nSPS) is 45.6. The lowest BCUT2D eigenvalue weighted by molar-refractivity contribution is -0.913. The van der Waals surface area contributed by atoms with E-state index in [1.165, 1.54) is 26.1 Å². The molecule has 0 aromatic carbocycles. The second-order valence-corrected chi connectivity index (χ2v) is 6.27. The predicted molar refractivity (Wildman–Crippen MR) is 65.4 cm³/mol. The van der Waals surface area contributed by atoms with E-state index in [0.717, 1.165) is 43.4 Å². The van der Waals surface area contributed by atoms with Crippen LogP contribution in [0.25, 0.3) is 0 Å². The van der Waals surface area contributed by atoms with E-state index >= 15 is 0 Å². The number of quaternary nitrogens is 1. The third kappa shape index (κ3) is 3.19. The second kappa shape index (κ2) is 5.48. The molecular weight excluding hydrogens is 201 g/mol. The maximum atomic E-state index is 13.0. The summed E-state index contributed by atoms with van der Waals surface area (Å²) in [5, 5.41) is 0.